The minimum Gasteiger partial charge on any atom is -0.299 e. The molecule has 0 radical (unpaired) electrons. The second-order valence-electron chi connectivity index (χ2n) is 4.46. The highest BCUT2D eigenvalue weighted by Gasteiger charge is 2.16. The van der Waals surface area contributed by atoms with Crippen LogP contribution >= 0.6 is 15.9 Å². The Hall–Kier alpha value is -1.69. The summed E-state index contributed by atoms with van der Waals surface area (Å²) in [5, 5.41) is 0. The van der Waals surface area contributed by atoms with Crippen LogP contribution in [0.25, 0.3) is 0 Å². The van der Waals surface area contributed by atoms with Gasteiger partial charge in [0, 0.05) is 18.4 Å². The van der Waals surface area contributed by atoms with E-state index in [1.165, 1.54) is 12.1 Å². The predicted molar refractivity (Wildman–Crippen MR) is 72.8 cm³/mol. The normalized spacial score (nSPS) is 10.7. The quantitative estimate of drug-likeness (QED) is 0.584. The molecule has 0 amide bonds. The molecule has 21 heavy (non-hydrogen) atoms. The number of benzene rings is 2. The fourth-order valence-corrected chi connectivity index (χ4v) is 2.24. The topological polar surface area (TPSA) is 17.1 Å². The van der Waals surface area contributed by atoms with Crippen LogP contribution in [0.2, 0.25) is 0 Å². The van der Waals surface area contributed by atoms with Crippen molar-refractivity contribution in [1.29, 1.82) is 0 Å². The average Bonchev–Trinajstić information content (AvgIpc) is 2.43. The van der Waals surface area contributed by atoms with Gasteiger partial charge in [-0.2, -0.15) is 0 Å². The van der Waals surface area contributed by atoms with Gasteiger partial charge in [0.15, 0.2) is 11.6 Å². The van der Waals surface area contributed by atoms with Crippen molar-refractivity contribution in [2.45, 2.75) is 12.8 Å². The standard InChI is InChI=1S/C15H9BrF4O/c16-11-2-4-12(17)10(15(11)20)7-9(21)5-8-1-3-13(18)14(19)6-8/h1-4,6H,5,7H2. The van der Waals surface area contributed by atoms with Gasteiger partial charge in [0.1, 0.15) is 17.4 Å². The molecule has 0 spiro atoms. The summed E-state index contributed by atoms with van der Waals surface area (Å²) in [7, 11) is 0. The maximum Gasteiger partial charge on any atom is 0.159 e. The van der Waals surface area contributed by atoms with Crippen molar-refractivity contribution in [3.05, 3.63) is 69.2 Å². The fourth-order valence-electron chi connectivity index (χ4n) is 1.87. The van der Waals surface area contributed by atoms with Crippen molar-refractivity contribution in [2.75, 3.05) is 0 Å². The van der Waals surface area contributed by atoms with Crippen LogP contribution in [0.15, 0.2) is 34.8 Å². The molecule has 2 aromatic rings. The van der Waals surface area contributed by atoms with Crippen molar-refractivity contribution in [1.82, 2.24) is 0 Å². The van der Waals surface area contributed by atoms with Crippen molar-refractivity contribution in [3.8, 4) is 0 Å². The molecule has 0 unspecified atom stereocenters. The Bertz CT molecular complexity index is 700. The lowest BCUT2D eigenvalue weighted by molar-refractivity contribution is -0.117. The molecule has 6 heteroatoms. The number of hydrogen-bond donors (Lipinski definition) is 0. The minimum absolute atomic E-state index is 0.0551. The van der Waals surface area contributed by atoms with E-state index in [2.05, 4.69) is 15.9 Å². The number of rotatable bonds is 4. The third-order valence-electron chi connectivity index (χ3n) is 2.90. The maximum absolute atomic E-state index is 13.7. The van der Waals surface area contributed by atoms with Gasteiger partial charge in [-0.3, -0.25) is 4.79 Å². The lowest BCUT2D eigenvalue weighted by Gasteiger charge is -2.06. The molecule has 0 aliphatic heterocycles. The zero-order valence-electron chi connectivity index (χ0n) is 10.6. The van der Waals surface area contributed by atoms with Crippen LogP contribution in [-0.2, 0) is 17.6 Å². The second kappa shape index (κ2) is 6.39. The van der Waals surface area contributed by atoms with Crippen LogP contribution in [-0.4, -0.2) is 5.78 Å². The molecule has 2 rings (SSSR count). The minimum atomic E-state index is -1.07. The van der Waals surface area contributed by atoms with Gasteiger partial charge < -0.3 is 0 Å². The Balaban J connectivity index is 2.15. The van der Waals surface area contributed by atoms with Crippen molar-refractivity contribution in [2.24, 2.45) is 0 Å². The third kappa shape index (κ3) is 3.69. The molecule has 0 saturated carbocycles. The van der Waals surface area contributed by atoms with E-state index in [4.69, 9.17) is 0 Å². The first kappa shape index (κ1) is 15.7. The Morgan fingerprint density at radius 3 is 2.24 bits per heavy atom. The second-order valence-corrected chi connectivity index (χ2v) is 5.32. The number of ketones is 1. The number of carbonyl (C=O) groups is 1. The van der Waals surface area contributed by atoms with E-state index in [9.17, 15) is 22.4 Å². The third-order valence-corrected chi connectivity index (χ3v) is 3.51. The largest absolute Gasteiger partial charge is 0.299 e. The molecule has 110 valence electrons. The van der Waals surface area contributed by atoms with Gasteiger partial charge in [-0.25, -0.2) is 17.6 Å². The zero-order chi connectivity index (χ0) is 15.6. The summed E-state index contributed by atoms with van der Waals surface area (Å²) >= 11 is 2.91. The molecule has 0 aromatic heterocycles. The molecule has 0 saturated heterocycles. The fraction of sp³-hybridized carbons (Fsp3) is 0.133. The summed E-state index contributed by atoms with van der Waals surface area (Å²) in [4.78, 5) is 11.8. The number of carbonyl (C=O) groups excluding carboxylic acids is 1. The van der Waals surface area contributed by atoms with E-state index >= 15 is 0 Å². The SMILES string of the molecule is O=C(Cc1ccc(F)c(F)c1)Cc1c(F)ccc(Br)c1F. The summed E-state index contributed by atoms with van der Waals surface area (Å²) in [6, 6.07) is 5.30. The highest BCUT2D eigenvalue weighted by molar-refractivity contribution is 9.10. The van der Waals surface area contributed by atoms with Crippen LogP contribution in [0.3, 0.4) is 0 Å². The summed E-state index contributed by atoms with van der Waals surface area (Å²) in [5.74, 6) is -4.25. The Labute approximate surface area is 126 Å². The van der Waals surface area contributed by atoms with Gasteiger partial charge >= 0.3 is 0 Å². The van der Waals surface area contributed by atoms with Gasteiger partial charge in [-0.1, -0.05) is 6.07 Å². The molecule has 0 fully saturated rings. The molecule has 0 heterocycles. The van der Waals surface area contributed by atoms with Gasteiger partial charge in [-0.15, -0.1) is 0 Å². The highest BCUT2D eigenvalue weighted by Crippen LogP contribution is 2.22. The lowest BCUT2D eigenvalue weighted by atomic mass is 10.0. The molecular weight excluding hydrogens is 352 g/mol. The van der Waals surface area contributed by atoms with Crippen molar-refractivity contribution in [3.63, 3.8) is 0 Å². The first-order valence-electron chi connectivity index (χ1n) is 5.96. The van der Waals surface area contributed by atoms with Crippen LogP contribution in [0.5, 0.6) is 0 Å². The summed E-state index contributed by atoms with van der Waals surface area (Å²) < 4.78 is 53.1. The Morgan fingerprint density at radius 2 is 1.57 bits per heavy atom. The Morgan fingerprint density at radius 1 is 0.905 bits per heavy atom. The van der Waals surface area contributed by atoms with Crippen LogP contribution < -0.4 is 0 Å². The summed E-state index contributed by atoms with van der Waals surface area (Å²) in [6.07, 6.45) is -0.696. The molecule has 0 bridgehead atoms. The predicted octanol–water partition coefficient (Wildman–Crippen LogP) is 4.36. The Kier molecular flexibility index (Phi) is 4.77. The van der Waals surface area contributed by atoms with E-state index < -0.39 is 35.5 Å². The highest BCUT2D eigenvalue weighted by atomic mass is 79.9. The molecule has 0 atom stereocenters. The smallest absolute Gasteiger partial charge is 0.159 e. The molecule has 0 N–H and O–H groups in total. The molecule has 0 aliphatic rings. The first-order valence-corrected chi connectivity index (χ1v) is 6.75. The van der Waals surface area contributed by atoms with E-state index in [-0.39, 0.29) is 22.0 Å². The van der Waals surface area contributed by atoms with E-state index in [0.717, 1.165) is 18.2 Å². The lowest BCUT2D eigenvalue weighted by Crippen LogP contribution is -2.10. The van der Waals surface area contributed by atoms with E-state index in [1.54, 1.807) is 0 Å². The first-order chi connectivity index (χ1) is 9.88. The maximum atomic E-state index is 13.7. The molecule has 0 aliphatic carbocycles. The number of Topliss-reactive ketones (excluding diaryl/α,β-unsaturated/α-hetero) is 1. The van der Waals surface area contributed by atoms with Crippen LogP contribution in [0, 0.1) is 23.3 Å². The zero-order valence-corrected chi connectivity index (χ0v) is 12.2. The molecule has 2 aromatic carbocycles. The van der Waals surface area contributed by atoms with Gasteiger partial charge in [0.2, 0.25) is 0 Å². The van der Waals surface area contributed by atoms with E-state index in [0.29, 0.717) is 0 Å². The van der Waals surface area contributed by atoms with Gasteiger partial charge in [0.05, 0.1) is 4.47 Å². The van der Waals surface area contributed by atoms with Crippen molar-refractivity contribution < 1.29 is 22.4 Å². The summed E-state index contributed by atoms with van der Waals surface area (Å²) in [5.41, 5.74) is -0.105. The molecular formula is C15H9BrF4O. The van der Waals surface area contributed by atoms with Gasteiger partial charge in [-0.05, 0) is 45.8 Å². The number of halogens is 5. The van der Waals surface area contributed by atoms with E-state index in [1.807, 2.05) is 0 Å². The number of hydrogen-bond acceptors (Lipinski definition) is 1. The van der Waals surface area contributed by atoms with Crippen LogP contribution in [0.4, 0.5) is 17.6 Å². The average molecular weight is 361 g/mol. The van der Waals surface area contributed by atoms with Crippen molar-refractivity contribution >= 4 is 21.7 Å². The van der Waals surface area contributed by atoms with Gasteiger partial charge in [0.25, 0.3) is 0 Å². The molecule has 1 nitrogen and oxygen atoms in total. The van der Waals surface area contributed by atoms with Crippen LogP contribution in [0.1, 0.15) is 11.1 Å². The monoisotopic (exact) mass is 360 g/mol. The summed E-state index contributed by atoms with van der Waals surface area (Å²) in [6.45, 7) is 0.